The van der Waals surface area contributed by atoms with E-state index in [1.807, 2.05) is 80.6 Å². The van der Waals surface area contributed by atoms with Crippen LogP contribution in [0.3, 0.4) is 0 Å². The quantitative estimate of drug-likeness (QED) is 0.305. The molecule has 0 heterocycles. The average molecular weight is 405 g/mol. The van der Waals surface area contributed by atoms with Gasteiger partial charge in [0.15, 0.2) is 0 Å². The van der Waals surface area contributed by atoms with Gasteiger partial charge >= 0.3 is 0 Å². The Balaban J connectivity index is 1.55. The summed E-state index contributed by atoms with van der Waals surface area (Å²) in [6.45, 7) is 4.44. The second kappa shape index (κ2) is 10.5. The van der Waals surface area contributed by atoms with Crippen molar-refractivity contribution in [1.82, 2.24) is 5.43 Å². The number of hydrazone groups is 1. The molecule has 0 aliphatic heterocycles. The van der Waals surface area contributed by atoms with E-state index in [0.29, 0.717) is 12.2 Å². The van der Waals surface area contributed by atoms with Crippen LogP contribution in [0, 0.1) is 0 Å². The first-order valence-electron chi connectivity index (χ1n) is 9.50. The molecule has 0 spiro atoms. The van der Waals surface area contributed by atoms with Crippen LogP contribution in [0.25, 0.3) is 0 Å². The summed E-state index contributed by atoms with van der Waals surface area (Å²) in [5.41, 5.74) is 6.05. The van der Waals surface area contributed by atoms with Gasteiger partial charge in [-0.1, -0.05) is 30.3 Å². The Morgan fingerprint density at radius 2 is 1.59 bits per heavy atom. The zero-order chi connectivity index (χ0) is 20.5. The second-order valence-corrected chi connectivity index (χ2v) is 7.44. The van der Waals surface area contributed by atoms with Gasteiger partial charge in [0.2, 0.25) is 0 Å². The molecule has 0 fully saturated rings. The number of nitrogens with zero attached hydrogens (tertiary/aromatic N) is 1. The molecule has 0 aliphatic rings. The topological polar surface area (TPSA) is 50.7 Å². The van der Waals surface area contributed by atoms with Crippen LogP contribution < -0.4 is 10.2 Å². The number of amides is 1. The minimum Gasteiger partial charge on any atom is -0.494 e. The molecule has 3 aromatic carbocycles. The molecule has 0 atom stereocenters. The molecule has 0 unspecified atom stereocenters. The third-order valence-electron chi connectivity index (χ3n) is 4.27. The van der Waals surface area contributed by atoms with Gasteiger partial charge in [0.1, 0.15) is 5.75 Å². The van der Waals surface area contributed by atoms with Crippen molar-refractivity contribution in [2.75, 3.05) is 6.61 Å². The van der Waals surface area contributed by atoms with Gasteiger partial charge < -0.3 is 4.74 Å². The first-order chi connectivity index (χ1) is 14.2. The fourth-order valence-corrected chi connectivity index (χ4v) is 3.53. The van der Waals surface area contributed by atoms with Crippen molar-refractivity contribution in [2.45, 2.75) is 24.5 Å². The molecular weight excluding hydrogens is 380 g/mol. The number of rotatable bonds is 8. The molecule has 0 saturated heterocycles. The smallest absolute Gasteiger partial charge is 0.271 e. The summed E-state index contributed by atoms with van der Waals surface area (Å²) in [6.07, 6.45) is 0. The van der Waals surface area contributed by atoms with E-state index in [2.05, 4.69) is 22.7 Å². The van der Waals surface area contributed by atoms with E-state index in [-0.39, 0.29) is 5.91 Å². The number of hydrogen-bond acceptors (Lipinski definition) is 4. The van der Waals surface area contributed by atoms with Crippen molar-refractivity contribution in [2.24, 2.45) is 5.10 Å². The van der Waals surface area contributed by atoms with Crippen molar-refractivity contribution < 1.29 is 9.53 Å². The van der Waals surface area contributed by atoms with Crippen molar-refractivity contribution >= 4 is 23.4 Å². The Labute approximate surface area is 176 Å². The molecule has 3 rings (SSSR count). The number of thioether (sulfide) groups is 1. The van der Waals surface area contributed by atoms with E-state index in [0.717, 1.165) is 22.8 Å². The van der Waals surface area contributed by atoms with Crippen molar-refractivity contribution in [3.05, 3.63) is 95.6 Å². The molecule has 1 amide bonds. The molecule has 0 saturated carbocycles. The predicted octanol–water partition coefficient (Wildman–Crippen LogP) is 5.53. The highest BCUT2D eigenvalue weighted by Gasteiger charge is 2.06. The summed E-state index contributed by atoms with van der Waals surface area (Å²) in [5, 5.41) is 4.22. The third kappa shape index (κ3) is 6.22. The van der Waals surface area contributed by atoms with Gasteiger partial charge in [-0.25, -0.2) is 5.43 Å². The first-order valence-corrected chi connectivity index (χ1v) is 10.5. The van der Waals surface area contributed by atoms with Crippen molar-refractivity contribution in [3.63, 3.8) is 0 Å². The highest BCUT2D eigenvalue weighted by molar-refractivity contribution is 7.98. The molecule has 148 valence electrons. The Hall–Kier alpha value is -3.05. The van der Waals surface area contributed by atoms with Gasteiger partial charge in [-0.3, -0.25) is 4.79 Å². The highest BCUT2D eigenvalue weighted by atomic mass is 32.2. The maximum Gasteiger partial charge on any atom is 0.271 e. The fraction of sp³-hybridized carbons (Fsp3) is 0.167. The largest absolute Gasteiger partial charge is 0.494 e. The van der Waals surface area contributed by atoms with Crippen LogP contribution in [0.1, 0.15) is 35.3 Å². The molecule has 0 aliphatic carbocycles. The predicted molar refractivity (Wildman–Crippen MR) is 120 cm³/mol. The fourth-order valence-electron chi connectivity index (χ4n) is 2.66. The number of nitrogens with one attached hydrogen (secondary N) is 1. The third-order valence-corrected chi connectivity index (χ3v) is 5.36. The van der Waals surface area contributed by atoms with Crippen LogP contribution in [0.15, 0.2) is 88.9 Å². The second-order valence-electron chi connectivity index (χ2n) is 6.39. The van der Waals surface area contributed by atoms with E-state index in [1.165, 1.54) is 10.5 Å². The standard InChI is InChI=1S/C24H24N2O2S/c1-3-28-22-15-13-20(14-16-22)18(2)25-26-24(27)21-11-9-19(10-12-21)17-29-23-7-5-4-6-8-23/h4-16H,3,17H2,1-2H3,(H,26,27)/b25-18-. The maximum absolute atomic E-state index is 12.4. The molecule has 0 aromatic heterocycles. The van der Waals surface area contributed by atoms with Crippen LogP contribution in [0.4, 0.5) is 0 Å². The van der Waals surface area contributed by atoms with Crippen LogP contribution in [-0.4, -0.2) is 18.2 Å². The summed E-state index contributed by atoms with van der Waals surface area (Å²) < 4.78 is 5.44. The summed E-state index contributed by atoms with van der Waals surface area (Å²) in [7, 11) is 0. The molecule has 3 aromatic rings. The Bertz CT molecular complexity index is 952. The van der Waals surface area contributed by atoms with E-state index in [9.17, 15) is 4.79 Å². The van der Waals surface area contributed by atoms with Gasteiger partial charge in [-0.05, 0) is 73.5 Å². The number of benzene rings is 3. The van der Waals surface area contributed by atoms with Gasteiger partial charge in [0.05, 0.1) is 12.3 Å². The Morgan fingerprint density at radius 1 is 0.931 bits per heavy atom. The zero-order valence-corrected chi connectivity index (χ0v) is 17.4. The molecule has 0 bridgehead atoms. The van der Waals surface area contributed by atoms with Gasteiger partial charge in [0.25, 0.3) is 5.91 Å². The van der Waals surface area contributed by atoms with E-state index in [4.69, 9.17) is 4.74 Å². The number of ether oxygens (including phenoxy) is 1. The molecule has 0 radical (unpaired) electrons. The minimum absolute atomic E-state index is 0.224. The lowest BCUT2D eigenvalue weighted by molar-refractivity contribution is 0.0955. The minimum atomic E-state index is -0.224. The zero-order valence-electron chi connectivity index (χ0n) is 16.6. The summed E-state index contributed by atoms with van der Waals surface area (Å²) in [4.78, 5) is 13.6. The summed E-state index contributed by atoms with van der Waals surface area (Å²) >= 11 is 1.77. The monoisotopic (exact) mass is 404 g/mol. The lowest BCUT2D eigenvalue weighted by atomic mass is 10.1. The van der Waals surface area contributed by atoms with Crippen LogP contribution in [0.5, 0.6) is 5.75 Å². The van der Waals surface area contributed by atoms with Crippen molar-refractivity contribution in [3.8, 4) is 5.75 Å². The van der Waals surface area contributed by atoms with Crippen LogP contribution >= 0.6 is 11.8 Å². The summed E-state index contributed by atoms with van der Waals surface area (Å²) in [5.74, 6) is 1.46. The molecule has 29 heavy (non-hydrogen) atoms. The SMILES string of the molecule is CCOc1ccc(/C(C)=N\NC(=O)c2ccc(CSc3ccccc3)cc2)cc1. The van der Waals surface area contributed by atoms with Gasteiger partial charge in [0, 0.05) is 16.2 Å². The Morgan fingerprint density at radius 3 is 2.24 bits per heavy atom. The molecular formula is C24H24N2O2S. The van der Waals surface area contributed by atoms with E-state index < -0.39 is 0 Å². The van der Waals surface area contributed by atoms with Gasteiger partial charge in [-0.15, -0.1) is 11.8 Å². The maximum atomic E-state index is 12.4. The molecule has 4 nitrogen and oxygen atoms in total. The number of hydrogen-bond donors (Lipinski definition) is 1. The highest BCUT2D eigenvalue weighted by Crippen LogP contribution is 2.22. The van der Waals surface area contributed by atoms with E-state index >= 15 is 0 Å². The van der Waals surface area contributed by atoms with Crippen LogP contribution in [0.2, 0.25) is 0 Å². The lowest BCUT2D eigenvalue weighted by Gasteiger charge is -2.06. The molecule has 1 N–H and O–H groups in total. The summed E-state index contributed by atoms with van der Waals surface area (Å²) in [6, 6.07) is 25.5. The van der Waals surface area contributed by atoms with Crippen LogP contribution in [-0.2, 0) is 5.75 Å². The van der Waals surface area contributed by atoms with E-state index in [1.54, 1.807) is 11.8 Å². The number of carbonyl (C=O) groups is 1. The average Bonchev–Trinajstić information content (AvgIpc) is 2.77. The normalized spacial score (nSPS) is 11.2. The van der Waals surface area contributed by atoms with Gasteiger partial charge in [-0.2, -0.15) is 5.10 Å². The number of carbonyl (C=O) groups excluding carboxylic acids is 1. The molecule has 5 heteroatoms. The lowest BCUT2D eigenvalue weighted by Crippen LogP contribution is -2.19. The Kier molecular flexibility index (Phi) is 7.47. The van der Waals surface area contributed by atoms with Crippen molar-refractivity contribution in [1.29, 1.82) is 0 Å². The first kappa shape index (κ1) is 20.7.